The summed E-state index contributed by atoms with van der Waals surface area (Å²) >= 11 is 0. The Morgan fingerprint density at radius 1 is 1.31 bits per heavy atom. The molecule has 0 bridgehead atoms. The summed E-state index contributed by atoms with van der Waals surface area (Å²) in [5, 5.41) is 15.7. The van der Waals surface area contributed by atoms with E-state index in [-0.39, 0.29) is 6.03 Å². The molecular formula is C12H24N2O2. The van der Waals surface area contributed by atoms with Crippen molar-refractivity contribution >= 4 is 6.03 Å². The Morgan fingerprint density at radius 3 is 2.38 bits per heavy atom. The molecule has 0 radical (unpaired) electrons. The third kappa shape index (κ3) is 4.00. The second-order valence-electron chi connectivity index (χ2n) is 4.74. The second-order valence-corrected chi connectivity index (χ2v) is 4.74. The molecule has 1 rings (SSSR count). The maximum Gasteiger partial charge on any atom is 0.315 e. The molecule has 16 heavy (non-hydrogen) atoms. The smallest absolute Gasteiger partial charge is 0.315 e. The molecule has 0 aromatic carbocycles. The highest BCUT2D eigenvalue weighted by Crippen LogP contribution is 2.17. The largest absolute Gasteiger partial charge is 0.388 e. The van der Waals surface area contributed by atoms with Crippen LogP contribution < -0.4 is 10.6 Å². The summed E-state index contributed by atoms with van der Waals surface area (Å²) in [4.78, 5) is 11.5. The van der Waals surface area contributed by atoms with Gasteiger partial charge < -0.3 is 15.7 Å². The van der Waals surface area contributed by atoms with E-state index in [4.69, 9.17) is 0 Å². The fraction of sp³-hybridized carbons (Fsp3) is 0.917. The average molecular weight is 228 g/mol. The van der Waals surface area contributed by atoms with Crippen LogP contribution in [0.4, 0.5) is 4.79 Å². The highest BCUT2D eigenvalue weighted by atomic mass is 16.3. The van der Waals surface area contributed by atoms with Gasteiger partial charge in [-0.3, -0.25) is 0 Å². The lowest BCUT2D eigenvalue weighted by Gasteiger charge is -2.25. The predicted octanol–water partition coefficient (Wildman–Crippen LogP) is 1.78. The molecule has 0 unspecified atom stereocenters. The van der Waals surface area contributed by atoms with Gasteiger partial charge in [0, 0.05) is 12.6 Å². The molecule has 0 atom stereocenters. The van der Waals surface area contributed by atoms with Crippen LogP contribution >= 0.6 is 0 Å². The van der Waals surface area contributed by atoms with E-state index in [1.54, 1.807) is 0 Å². The van der Waals surface area contributed by atoms with E-state index in [2.05, 4.69) is 10.6 Å². The van der Waals surface area contributed by atoms with E-state index >= 15 is 0 Å². The molecule has 0 aromatic rings. The minimum absolute atomic E-state index is 0.146. The first kappa shape index (κ1) is 13.3. The number of urea groups is 1. The van der Waals surface area contributed by atoms with Gasteiger partial charge in [-0.2, -0.15) is 0 Å². The minimum Gasteiger partial charge on any atom is -0.388 e. The number of rotatable bonds is 5. The molecular weight excluding hydrogens is 204 g/mol. The molecule has 4 nitrogen and oxygen atoms in total. The lowest BCUT2D eigenvalue weighted by atomic mass is 9.98. The van der Waals surface area contributed by atoms with Crippen molar-refractivity contribution in [2.45, 2.75) is 64.0 Å². The van der Waals surface area contributed by atoms with Gasteiger partial charge in [-0.1, -0.05) is 26.7 Å². The van der Waals surface area contributed by atoms with Crippen LogP contribution in [0.1, 0.15) is 52.4 Å². The zero-order chi connectivity index (χ0) is 12.0. The van der Waals surface area contributed by atoms with Gasteiger partial charge in [0.05, 0.1) is 5.60 Å². The molecule has 1 aliphatic rings. The molecule has 0 saturated heterocycles. The second kappa shape index (κ2) is 6.09. The molecule has 1 fully saturated rings. The molecule has 0 aromatic heterocycles. The van der Waals surface area contributed by atoms with Crippen LogP contribution in [0.15, 0.2) is 0 Å². The molecule has 94 valence electrons. The molecule has 1 saturated carbocycles. The van der Waals surface area contributed by atoms with Crippen LogP contribution in [0, 0.1) is 0 Å². The zero-order valence-electron chi connectivity index (χ0n) is 10.4. The van der Waals surface area contributed by atoms with Gasteiger partial charge in [0.2, 0.25) is 0 Å². The molecule has 0 heterocycles. The number of aliphatic hydroxyl groups is 1. The minimum atomic E-state index is -0.757. The van der Waals surface area contributed by atoms with Crippen LogP contribution in [0.2, 0.25) is 0 Å². The summed E-state index contributed by atoms with van der Waals surface area (Å²) < 4.78 is 0. The van der Waals surface area contributed by atoms with Crippen molar-refractivity contribution in [3.8, 4) is 0 Å². The van der Waals surface area contributed by atoms with Crippen LogP contribution in [0.3, 0.4) is 0 Å². The Kier molecular flexibility index (Phi) is 5.06. The van der Waals surface area contributed by atoms with E-state index in [9.17, 15) is 9.90 Å². The van der Waals surface area contributed by atoms with E-state index in [1.165, 1.54) is 12.8 Å². The fourth-order valence-corrected chi connectivity index (χ4v) is 2.05. The molecule has 3 N–H and O–H groups in total. The van der Waals surface area contributed by atoms with Gasteiger partial charge in [0.15, 0.2) is 0 Å². The Hall–Kier alpha value is -0.770. The van der Waals surface area contributed by atoms with Gasteiger partial charge in [0.1, 0.15) is 0 Å². The van der Waals surface area contributed by atoms with Crippen LogP contribution in [0.5, 0.6) is 0 Å². The lowest BCUT2D eigenvalue weighted by molar-refractivity contribution is 0.0348. The van der Waals surface area contributed by atoms with Crippen molar-refractivity contribution in [2.75, 3.05) is 6.54 Å². The first-order valence-corrected chi connectivity index (χ1v) is 6.36. The van der Waals surface area contributed by atoms with E-state index in [0.717, 1.165) is 12.8 Å². The Bertz CT molecular complexity index is 221. The van der Waals surface area contributed by atoms with Gasteiger partial charge in [-0.25, -0.2) is 4.79 Å². The predicted molar refractivity (Wildman–Crippen MR) is 64.3 cm³/mol. The normalized spacial score (nSPS) is 17.4. The Morgan fingerprint density at radius 2 is 1.88 bits per heavy atom. The molecule has 0 spiro atoms. The Balaban J connectivity index is 2.23. The van der Waals surface area contributed by atoms with Crippen molar-refractivity contribution < 1.29 is 9.90 Å². The highest BCUT2D eigenvalue weighted by Gasteiger charge is 2.23. The summed E-state index contributed by atoms with van der Waals surface area (Å²) in [7, 11) is 0. The third-order valence-corrected chi connectivity index (χ3v) is 3.58. The topological polar surface area (TPSA) is 61.4 Å². The molecule has 0 aliphatic heterocycles. The van der Waals surface area contributed by atoms with E-state index in [0.29, 0.717) is 25.4 Å². The summed E-state index contributed by atoms with van der Waals surface area (Å²) in [5.41, 5.74) is -0.757. The third-order valence-electron chi connectivity index (χ3n) is 3.58. The van der Waals surface area contributed by atoms with Gasteiger partial charge >= 0.3 is 6.03 Å². The first-order valence-electron chi connectivity index (χ1n) is 6.36. The van der Waals surface area contributed by atoms with Crippen LogP contribution in [-0.4, -0.2) is 29.3 Å². The standard InChI is InChI=1S/C12H24N2O2/c1-3-12(16,4-2)9-13-11(15)14-10-7-5-6-8-10/h10,16H,3-9H2,1-2H3,(H2,13,14,15). The van der Waals surface area contributed by atoms with Crippen molar-refractivity contribution in [3.05, 3.63) is 0 Å². The number of amides is 2. The summed E-state index contributed by atoms with van der Waals surface area (Å²) in [6, 6.07) is 0.184. The maximum atomic E-state index is 11.5. The van der Waals surface area contributed by atoms with E-state index in [1.807, 2.05) is 13.8 Å². The van der Waals surface area contributed by atoms with E-state index < -0.39 is 5.60 Å². The van der Waals surface area contributed by atoms with Crippen LogP contribution in [-0.2, 0) is 0 Å². The number of carbonyl (C=O) groups excluding carboxylic acids is 1. The number of carbonyl (C=O) groups is 1. The summed E-state index contributed by atoms with van der Waals surface area (Å²) in [6.45, 7) is 4.19. The van der Waals surface area contributed by atoms with Crippen molar-refractivity contribution in [3.63, 3.8) is 0 Å². The van der Waals surface area contributed by atoms with Gasteiger partial charge in [-0.05, 0) is 25.7 Å². The molecule has 2 amide bonds. The quantitative estimate of drug-likeness (QED) is 0.671. The lowest BCUT2D eigenvalue weighted by Crippen LogP contribution is -2.47. The zero-order valence-corrected chi connectivity index (χ0v) is 10.4. The van der Waals surface area contributed by atoms with Crippen molar-refractivity contribution in [2.24, 2.45) is 0 Å². The number of hydrogen-bond acceptors (Lipinski definition) is 2. The maximum absolute atomic E-state index is 11.5. The summed E-state index contributed by atoms with van der Waals surface area (Å²) in [6.07, 6.45) is 5.90. The van der Waals surface area contributed by atoms with Crippen LogP contribution in [0.25, 0.3) is 0 Å². The molecule has 1 aliphatic carbocycles. The number of nitrogens with one attached hydrogen (secondary N) is 2. The highest BCUT2D eigenvalue weighted by molar-refractivity contribution is 5.74. The van der Waals surface area contributed by atoms with Gasteiger partial charge in [0.25, 0.3) is 0 Å². The summed E-state index contributed by atoms with van der Waals surface area (Å²) in [5.74, 6) is 0. The SMILES string of the molecule is CCC(O)(CC)CNC(=O)NC1CCCC1. The molecule has 4 heteroatoms. The van der Waals surface area contributed by atoms with Crippen molar-refractivity contribution in [1.82, 2.24) is 10.6 Å². The monoisotopic (exact) mass is 228 g/mol. The van der Waals surface area contributed by atoms with Crippen molar-refractivity contribution in [1.29, 1.82) is 0 Å². The Labute approximate surface area is 97.8 Å². The number of hydrogen-bond donors (Lipinski definition) is 3. The average Bonchev–Trinajstić information content (AvgIpc) is 2.79. The first-order chi connectivity index (χ1) is 7.59. The fourth-order valence-electron chi connectivity index (χ4n) is 2.05. The van der Waals surface area contributed by atoms with Gasteiger partial charge in [-0.15, -0.1) is 0 Å².